The minimum absolute atomic E-state index is 0. The van der Waals surface area contributed by atoms with Gasteiger partial charge in [-0.1, -0.05) is 0 Å². The van der Waals surface area contributed by atoms with E-state index in [0.717, 1.165) is 13.1 Å². The lowest BCUT2D eigenvalue weighted by Crippen LogP contribution is -2.44. The van der Waals surface area contributed by atoms with E-state index in [-0.39, 0.29) is 37.3 Å². The summed E-state index contributed by atoms with van der Waals surface area (Å²) in [6, 6.07) is 0.609. The van der Waals surface area contributed by atoms with Crippen LogP contribution in [0.25, 0.3) is 0 Å². The Balaban J connectivity index is 0. The Hall–Kier alpha value is -0.0300. The maximum atomic E-state index is 11.0. The number of rotatable bonds is 4. The van der Waals surface area contributed by atoms with Gasteiger partial charge >= 0.3 is 0 Å². The monoisotopic (exact) mass is 285 g/mol. The summed E-state index contributed by atoms with van der Waals surface area (Å²) < 4.78 is 0. The molecule has 0 aromatic rings. The fourth-order valence-corrected chi connectivity index (χ4v) is 2.06. The number of nitrogens with zero attached hydrogens (tertiary/aromatic N) is 1. The molecule has 104 valence electrons. The molecule has 1 fully saturated rings. The largest absolute Gasteiger partial charge is 0.355 e. The summed E-state index contributed by atoms with van der Waals surface area (Å²) >= 11 is 0. The normalized spacial score (nSPS) is 20.4. The molecule has 6 heteroatoms. The van der Waals surface area contributed by atoms with Crippen molar-refractivity contribution in [2.24, 2.45) is 11.7 Å². The van der Waals surface area contributed by atoms with Gasteiger partial charge in [0.1, 0.15) is 0 Å². The quantitative estimate of drug-likeness (QED) is 0.811. The van der Waals surface area contributed by atoms with Gasteiger partial charge in [-0.3, -0.25) is 4.79 Å². The highest BCUT2D eigenvalue weighted by atomic mass is 35.5. The first-order valence-corrected chi connectivity index (χ1v) is 5.84. The average molecular weight is 286 g/mol. The Labute approximate surface area is 117 Å². The third kappa shape index (κ3) is 7.09. The molecule has 1 atom stereocenters. The molecule has 1 aliphatic rings. The van der Waals surface area contributed by atoms with E-state index in [9.17, 15) is 4.79 Å². The van der Waals surface area contributed by atoms with Crippen molar-refractivity contribution in [1.82, 2.24) is 10.2 Å². The third-order valence-electron chi connectivity index (χ3n) is 3.05. The molecule has 0 aliphatic carbocycles. The minimum atomic E-state index is -0.0447. The molecule has 17 heavy (non-hydrogen) atoms. The van der Waals surface area contributed by atoms with E-state index in [4.69, 9.17) is 5.73 Å². The summed E-state index contributed by atoms with van der Waals surface area (Å²) in [5.41, 5.74) is 5.24. The van der Waals surface area contributed by atoms with Crippen LogP contribution in [0.3, 0.4) is 0 Å². The lowest BCUT2D eigenvalue weighted by Gasteiger charge is -2.35. The molecule has 0 saturated carbocycles. The van der Waals surface area contributed by atoms with E-state index in [1.165, 1.54) is 19.4 Å². The summed E-state index contributed by atoms with van der Waals surface area (Å²) in [5.74, 6) is 0.549. The average Bonchev–Trinajstić information content (AvgIpc) is 2.26. The number of likely N-dealkylation sites (tertiary alicyclic amines) is 1. The van der Waals surface area contributed by atoms with Crippen LogP contribution >= 0.6 is 24.8 Å². The van der Waals surface area contributed by atoms with Gasteiger partial charge < -0.3 is 16.0 Å². The molecule has 1 unspecified atom stereocenters. The van der Waals surface area contributed by atoms with Gasteiger partial charge in [0.25, 0.3) is 0 Å². The van der Waals surface area contributed by atoms with Gasteiger partial charge in [0.2, 0.25) is 5.91 Å². The zero-order valence-electron chi connectivity index (χ0n) is 10.6. The first-order valence-electron chi connectivity index (χ1n) is 5.84. The van der Waals surface area contributed by atoms with Crippen molar-refractivity contribution in [1.29, 1.82) is 0 Å². The van der Waals surface area contributed by atoms with Gasteiger partial charge in [-0.05, 0) is 39.2 Å². The molecule has 0 spiro atoms. The van der Waals surface area contributed by atoms with E-state index in [1.807, 2.05) is 0 Å². The first kappa shape index (κ1) is 19.3. The molecule has 3 N–H and O–H groups in total. The lowest BCUT2D eigenvalue weighted by molar-refractivity contribution is -0.120. The third-order valence-corrected chi connectivity index (χ3v) is 3.05. The second-order valence-corrected chi connectivity index (χ2v) is 4.61. The number of hydrogen-bond acceptors (Lipinski definition) is 3. The number of nitrogens with two attached hydrogens (primary N) is 1. The van der Waals surface area contributed by atoms with Crippen LogP contribution in [0.5, 0.6) is 0 Å². The predicted octanol–water partition coefficient (Wildman–Crippen LogP) is 1.03. The number of carbonyl (C=O) groups is 1. The zero-order valence-corrected chi connectivity index (χ0v) is 12.3. The summed E-state index contributed by atoms with van der Waals surface area (Å²) in [6.45, 7) is 7.61. The molecule has 1 amide bonds. The molecule has 4 nitrogen and oxygen atoms in total. The number of amides is 1. The SMILES string of the molecule is CC(C)N1CCCC(CNC(=O)CN)C1.Cl.Cl. The van der Waals surface area contributed by atoms with Crippen molar-refractivity contribution >= 4 is 30.7 Å². The number of hydrogen-bond donors (Lipinski definition) is 2. The first-order chi connectivity index (χ1) is 7.13. The molecule has 0 bridgehead atoms. The van der Waals surface area contributed by atoms with E-state index >= 15 is 0 Å². The minimum Gasteiger partial charge on any atom is -0.355 e. The number of piperidine rings is 1. The Morgan fingerprint density at radius 1 is 1.47 bits per heavy atom. The van der Waals surface area contributed by atoms with Gasteiger partial charge in [0.05, 0.1) is 6.54 Å². The highest BCUT2D eigenvalue weighted by Crippen LogP contribution is 2.17. The molecule has 0 aromatic heterocycles. The Morgan fingerprint density at radius 3 is 2.65 bits per heavy atom. The van der Waals surface area contributed by atoms with Crippen LogP contribution in [0.4, 0.5) is 0 Å². The molecule has 1 saturated heterocycles. The zero-order chi connectivity index (χ0) is 11.3. The van der Waals surface area contributed by atoms with Gasteiger partial charge in [-0.25, -0.2) is 0 Å². The van der Waals surface area contributed by atoms with Crippen molar-refractivity contribution < 1.29 is 4.79 Å². The fourth-order valence-electron chi connectivity index (χ4n) is 2.06. The lowest BCUT2D eigenvalue weighted by atomic mass is 9.97. The van der Waals surface area contributed by atoms with Gasteiger partial charge in [0, 0.05) is 19.1 Å². The molecule has 1 rings (SSSR count). The highest BCUT2D eigenvalue weighted by Gasteiger charge is 2.21. The van der Waals surface area contributed by atoms with Crippen molar-refractivity contribution in [2.45, 2.75) is 32.7 Å². The molecular formula is C11H25Cl2N3O. The van der Waals surface area contributed by atoms with Crippen molar-refractivity contribution in [3.63, 3.8) is 0 Å². The van der Waals surface area contributed by atoms with Crippen LogP contribution in [0.2, 0.25) is 0 Å². The molecule has 0 aromatic carbocycles. The van der Waals surface area contributed by atoms with Gasteiger partial charge in [-0.15, -0.1) is 24.8 Å². The molecular weight excluding hydrogens is 261 g/mol. The van der Waals surface area contributed by atoms with Crippen LogP contribution in [0.15, 0.2) is 0 Å². The standard InChI is InChI=1S/C11H23N3O.2ClH/c1-9(2)14-5-3-4-10(8-14)7-13-11(15)6-12;;/h9-10H,3-8,12H2,1-2H3,(H,13,15);2*1H. The predicted molar refractivity (Wildman–Crippen MR) is 76.0 cm³/mol. The van der Waals surface area contributed by atoms with Crippen molar-refractivity contribution in [3.05, 3.63) is 0 Å². The van der Waals surface area contributed by atoms with Crippen LogP contribution in [-0.4, -0.2) is 43.0 Å². The summed E-state index contributed by atoms with van der Waals surface area (Å²) in [6.07, 6.45) is 2.45. The summed E-state index contributed by atoms with van der Waals surface area (Å²) in [5, 5.41) is 2.87. The number of carbonyl (C=O) groups excluding carboxylic acids is 1. The number of halogens is 2. The molecule has 1 heterocycles. The second kappa shape index (κ2) is 9.95. The topological polar surface area (TPSA) is 58.4 Å². The maximum Gasteiger partial charge on any atom is 0.233 e. The van der Waals surface area contributed by atoms with Crippen LogP contribution < -0.4 is 11.1 Å². The fraction of sp³-hybridized carbons (Fsp3) is 0.909. The highest BCUT2D eigenvalue weighted by molar-refractivity contribution is 5.85. The summed E-state index contributed by atoms with van der Waals surface area (Å²) in [4.78, 5) is 13.5. The van der Waals surface area contributed by atoms with Crippen LogP contribution in [0.1, 0.15) is 26.7 Å². The van der Waals surface area contributed by atoms with Gasteiger partial charge in [0.15, 0.2) is 0 Å². The Morgan fingerprint density at radius 2 is 2.12 bits per heavy atom. The molecule has 0 radical (unpaired) electrons. The number of nitrogens with one attached hydrogen (secondary N) is 1. The molecule has 1 aliphatic heterocycles. The van der Waals surface area contributed by atoms with E-state index in [0.29, 0.717) is 12.0 Å². The smallest absolute Gasteiger partial charge is 0.233 e. The van der Waals surface area contributed by atoms with Crippen molar-refractivity contribution in [3.8, 4) is 0 Å². The van der Waals surface area contributed by atoms with Crippen molar-refractivity contribution in [2.75, 3.05) is 26.2 Å². The van der Waals surface area contributed by atoms with E-state index in [1.54, 1.807) is 0 Å². The van der Waals surface area contributed by atoms with Crippen LogP contribution in [-0.2, 0) is 4.79 Å². The second-order valence-electron chi connectivity index (χ2n) is 4.61. The Bertz CT molecular complexity index is 215. The van der Waals surface area contributed by atoms with Gasteiger partial charge in [-0.2, -0.15) is 0 Å². The Kier molecular flexibility index (Phi) is 11.3. The van der Waals surface area contributed by atoms with E-state index in [2.05, 4.69) is 24.1 Å². The van der Waals surface area contributed by atoms with Crippen LogP contribution in [0, 0.1) is 5.92 Å². The maximum absolute atomic E-state index is 11.0. The summed E-state index contributed by atoms with van der Waals surface area (Å²) in [7, 11) is 0. The van der Waals surface area contributed by atoms with E-state index < -0.39 is 0 Å².